The van der Waals surface area contributed by atoms with Crippen LogP contribution in [0.15, 0.2) is 12.2 Å². The number of esters is 2. The minimum Gasteiger partial charge on any atom is -0.462 e. The second-order valence-electron chi connectivity index (χ2n) is 5.52. The summed E-state index contributed by atoms with van der Waals surface area (Å²) in [5, 5.41) is 0. The summed E-state index contributed by atoms with van der Waals surface area (Å²) in [5.74, 6) is -0.242. The highest BCUT2D eigenvalue weighted by atomic mass is 16.5. The molecule has 0 saturated heterocycles. The Kier molecular flexibility index (Phi) is 11.6. The van der Waals surface area contributed by atoms with Crippen LogP contribution in [-0.2, 0) is 19.1 Å². The van der Waals surface area contributed by atoms with E-state index in [1.54, 1.807) is 0 Å². The molecule has 0 amide bonds. The minimum atomic E-state index is -0.495. The smallest absolute Gasteiger partial charge is 0.331 e. The SMILES string of the molecule is CCCCC(CC)COC(=O)/C=C/C(=O)OCC(C)CC. The molecule has 0 bridgehead atoms. The normalized spacial score (nSPS) is 13.9. The van der Waals surface area contributed by atoms with Crippen LogP contribution in [0.4, 0.5) is 0 Å². The van der Waals surface area contributed by atoms with Crippen molar-refractivity contribution < 1.29 is 19.1 Å². The summed E-state index contributed by atoms with van der Waals surface area (Å²) in [6, 6.07) is 0. The molecule has 0 aromatic rings. The zero-order chi connectivity index (χ0) is 16.1. The Hall–Kier alpha value is -1.32. The van der Waals surface area contributed by atoms with Gasteiger partial charge in [0.2, 0.25) is 0 Å². The number of hydrogen-bond acceptors (Lipinski definition) is 4. The average molecular weight is 298 g/mol. The Bertz CT molecular complexity index is 323. The topological polar surface area (TPSA) is 52.6 Å². The van der Waals surface area contributed by atoms with E-state index in [1.807, 2.05) is 13.8 Å². The molecule has 0 aliphatic carbocycles. The van der Waals surface area contributed by atoms with Crippen molar-refractivity contribution in [2.24, 2.45) is 11.8 Å². The van der Waals surface area contributed by atoms with E-state index in [9.17, 15) is 9.59 Å². The van der Waals surface area contributed by atoms with Gasteiger partial charge in [0.15, 0.2) is 0 Å². The summed E-state index contributed by atoms with van der Waals surface area (Å²) < 4.78 is 10.2. The average Bonchev–Trinajstić information content (AvgIpc) is 2.50. The van der Waals surface area contributed by atoms with E-state index in [4.69, 9.17) is 9.47 Å². The minimum absolute atomic E-state index is 0.332. The number of unbranched alkanes of at least 4 members (excludes halogenated alkanes) is 1. The first-order chi connectivity index (χ1) is 10.0. The zero-order valence-electron chi connectivity index (χ0n) is 13.9. The lowest BCUT2D eigenvalue weighted by Gasteiger charge is -2.13. The highest BCUT2D eigenvalue weighted by molar-refractivity contribution is 5.91. The third kappa shape index (κ3) is 11.1. The molecule has 21 heavy (non-hydrogen) atoms. The van der Waals surface area contributed by atoms with Gasteiger partial charge in [-0.15, -0.1) is 0 Å². The summed E-state index contributed by atoms with van der Waals surface area (Å²) in [6.07, 6.45) is 7.59. The maximum Gasteiger partial charge on any atom is 0.331 e. The summed E-state index contributed by atoms with van der Waals surface area (Å²) in [7, 11) is 0. The fraction of sp³-hybridized carbons (Fsp3) is 0.765. The van der Waals surface area contributed by atoms with Gasteiger partial charge < -0.3 is 9.47 Å². The lowest BCUT2D eigenvalue weighted by molar-refractivity contribution is -0.141. The van der Waals surface area contributed by atoms with Crippen molar-refractivity contribution >= 4 is 11.9 Å². The molecule has 0 aromatic heterocycles. The van der Waals surface area contributed by atoms with Gasteiger partial charge in [0.25, 0.3) is 0 Å². The van der Waals surface area contributed by atoms with E-state index in [2.05, 4.69) is 13.8 Å². The summed E-state index contributed by atoms with van der Waals surface area (Å²) >= 11 is 0. The van der Waals surface area contributed by atoms with Crippen molar-refractivity contribution in [2.75, 3.05) is 13.2 Å². The standard InChI is InChI=1S/C17H30O4/c1-5-8-9-15(7-3)13-21-17(19)11-10-16(18)20-12-14(4)6-2/h10-11,14-15H,5-9,12-13H2,1-4H3/b11-10+. The molecule has 0 aromatic carbocycles. The van der Waals surface area contributed by atoms with Gasteiger partial charge in [-0.1, -0.05) is 53.4 Å². The maximum absolute atomic E-state index is 11.5. The first-order valence-electron chi connectivity index (χ1n) is 8.04. The Labute approximate surface area is 128 Å². The van der Waals surface area contributed by atoms with Gasteiger partial charge in [-0.25, -0.2) is 9.59 Å². The van der Waals surface area contributed by atoms with Crippen LogP contribution in [0.2, 0.25) is 0 Å². The van der Waals surface area contributed by atoms with Crippen LogP contribution in [0.3, 0.4) is 0 Å². The van der Waals surface area contributed by atoms with Crippen LogP contribution in [0.25, 0.3) is 0 Å². The van der Waals surface area contributed by atoms with Gasteiger partial charge in [0.05, 0.1) is 13.2 Å². The first kappa shape index (κ1) is 19.7. The molecule has 4 nitrogen and oxygen atoms in total. The molecule has 0 aliphatic heterocycles. The van der Waals surface area contributed by atoms with Crippen LogP contribution in [0.5, 0.6) is 0 Å². The van der Waals surface area contributed by atoms with Crippen molar-refractivity contribution in [3.8, 4) is 0 Å². The highest BCUT2D eigenvalue weighted by Gasteiger charge is 2.09. The van der Waals surface area contributed by atoms with Crippen LogP contribution < -0.4 is 0 Å². The zero-order valence-corrected chi connectivity index (χ0v) is 13.9. The van der Waals surface area contributed by atoms with Crippen LogP contribution >= 0.6 is 0 Å². The monoisotopic (exact) mass is 298 g/mol. The van der Waals surface area contributed by atoms with Crippen LogP contribution in [0.1, 0.15) is 59.8 Å². The van der Waals surface area contributed by atoms with E-state index in [0.29, 0.717) is 25.0 Å². The van der Waals surface area contributed by atoms with Gasteiger partial charge in [0, 0.05) is 12.2 Å². The molecular weight excluding hydrogens is 268 g/mol. The van der Waals surface area contributed by atoms with Crippen molar-refractivity contribution in [1.82, 2.24) is 0 Å². The van der Waals surface area contributed by atoms with Crippen molar-refractivity contribution in [1.29, 1.82) is 0 Å². The molecule has 0 rings (SSSR count). The van der Waals surface area contributed by atoms with E-state index in [-0.39, 0.29) is 0 Å². The summed E-state index contributed by atoms with van der Waals surface area (Å²) in [5.41, 5.74) is 0. The van der Waals surface area contributed by atoms with E-state index in [0.717, 1.165) is 44.3 Å². The Morgan fingerprint density at radius 1 is 0.952 bits per heavy atom. The molecule has 2 atom stereocenters. The van der Waals surface area contributed by atoms with Gasteiger partial charge in [-0.3, -0.25) is 0 Å². The molecule has 0 heterocycles. The second kappa shape index (κ2) is 12.4. The van der Waals surface area contributed by atoms with Crippen molar-refractivity contribution in [3.63, 3.8) is 0 Å². The van der Waals surface area contributed by atoms with Crippen LogP contribution in [-0.4, -0.2) is 25.2 Å². The Morgan fingerprint density at radius 2 is 1.52 bits per heavy atom. The third-order valence-electron chi connectivity index (χ3n) is 3.57. The quantitative estimate of drug-likeness (QED) is 0.429. The number of hydrogen-bond donors (Lipinski definition) is 0. The molecule has 0 radical (unpaired) electrons. The Morgan fingerprint density at radius 3 is 2.00 bits per heavy atom. The molecule has 0 saturated carbocycles. The van der Waals surface area contributed by atoms with Crippen molar-refractivity contribution in [3.05, 3.63) is 12.2 Å². The van der Waals surface area contributed by atoms with Gasteiger partial charge in [-0.2, -0.15) is 0 Å². The first-order valence-corrected chi connectivity index (χ1v) is 8.04. The predicted molar refractivity (Wildman–Crippen MR) is 83.8 cm³/mol. The number of ether oxygens (including phenoxy) is 2. The lowest BCUT2D eigenvalue weighted by Crippen LogP contribution is -2.13. The number of carbonyl (C=O) groups is 2. The van der Waals surface area contributed by atoms with Crippen LogP contribution in [0, 0.1) is 11.8 Å². The van der Waals surface area contributed by atoms with Crippen molar-refractivity contribution in [2.45, 2.75) is 59.8 Å². The lowest BCUT2D eigenvalue weighted by atomic mass is 10.0. The molecule has 0 spiro atoms. The Balaban J connectivity index is 3.95. The van der Waals surface area contributed by atoms with E-state index in [1.165, 1.54) is 0 Å². The molecule has 122 valence electrons. The molecule has 0 aliphatic rings. The maximum atomic E-state index is 11.5. The largest absolute Gasteiger partial charge is 0.462 e. The fourth-order valence-electron chi connectivity index (χ4n) is 1.67. The number of carbonyl (C=O) groups excluding carboxylic acids is 2. The fourth-order valence-corrected chi connectivity index (χ4v) is 1.67. The third-order valence-corrected chi connectivity index (χ3v) is 3.57. The van der Waals surface area contributed by atoms with E-state index < -0.39 is 11.9 Å². The predicted octanol–water partition coefficient (Wildman–Crippen LogP) is 3.89. The molecular formula is C17H30O4. The summed E-state index contributed by atoms with van der Waals surface area (Å²) in [4.78, 5) is 22.9. The summed E-state index contributed by atoms with van der Waals surface area (Å²) in [6.45, 7) is 9.08. The highest BCUT2D eigenvalue weighted by Crippen LogP contribution is 2.12. The molecule has 0 fully saturated rings. The molecule has 0 N–H and O–H groups in total. The van der Waals surface area contributed by atoms with Gasteiger partial charge >= 0.3 is 11.9 Å². The number of rotatable bonds is 11. The second-order valence-corrected chi connectivity index (χ2v) is 5.52. The van der Waals surface area contributed by atoms with Gasteiger partial charge in [-0.05, 0) is 18.3 Å². The van der Waals surface area contributed by atoms with E-state index >= 15 is 0 Å². The van der Waals surface area contributed by atoms with Gasteiger partial charge in [0.1, 0.15) is 0 Å². The molecule has 4 heteroatoms. The molecule has 2 unspecified atom stereocenters.